The van der Waals surface area contributed by atoms with Crippen LogP contribution < -0.4 is 0 Å². The number of imidazole rings is 1. The average molecular weight is 253 g/mol. The van der Waals surface area contributed by atoms with Crippen molar-refractivity contribution in [1.82, 2.24) is 14.5 Å². The van der Waals surface area contributed by atoms with Crippen molar-refractivity contribution in [2.75, 3.05) is 20.2 Å². The lowest BCUT2D eigenvalue weighted by molar-refractivity contribution is -0.161. The Morgan fingerprint density at radius 1 is 1.67 bits per heavy atom. The fourth-order valence-electron chi connectivity index (χ4n) is 2.01. The third-order valence-electron chi connectivity index (χ3n) is 3.07. The molecule has 2 unspecified atom stereocenters. The summed E-state index contributed by atoms with van der Waals surface area (Å²) in [5.41, 5.74) is 0.483. The second-order valence-corrected chi connectivity index (χ2v) is 4.53. The minimum Gasteiger partial charge on any atom is -0.383 e. The maximum atomic E-state index is 11.9. The highest BCUT2D eigenvalue weighted by atomic mass is 16.5. The number of aliphatic hydroxyl groups excluding tert-OH is 1. The molecular formula is C12H19N3O3. The van der Waals surface area contributed by atoms with Crippen molar-refractivity contribution in [1.29, 1.82) is 0 Å². The van der Waals surface area contributed by atoms with E-state index in [2.05, 4.69) is 11.9 Å². The van der Waals surface area contributed by atoms with Crippen LogP contribution in [0.15, 0.2) is 12.5 Å². The van der Waals surface area contributed by atoms with Crippen LogP contribution in [0, 0.1) is 0 Å². The average Bonchev–Trinajstić information content (AvgIpc) is 2.81. The number of hydrogen-bond donors (Lipinski definition) is 1. The van der Waals surface area contributed by atoms with Gasteiger partial charge in [0, 0.05) is 26.3 Å². The molecule has 2 atom stereocenters. The fraction of sp³-hybridized carbons (Fsp3) is 0.667. The number of ether oxygens (including phenoxy) is 1. The highest BCUT2D eigenvalue weighted by molar-refractivity contribution is 5.82. The summed E-state index contributed by atoms with van der Waals surface area (Å²) in [5, 5.41) is 10.2. The van der Waals surface area contributed by atoms with Crippen LogP contribution in [0.4, 0.5) is 0 Å². The highest BCUT2D eigenvalue weighted by Crippen LogP contribution is 2.21. The molecule has 0 spiro atoms. The number of carbonyl (C=O) groups is 1. The summed E-state index contributed by atoms with van der Waals surface area (Å²) in [6.07, 6.45) is 2.58. The first-order valence-corrected chi connectivity index (χ1v) is 6.19. The molecule has 0 radical (unpaired) electrons. The molecule has 2 heterocycles. The topological polar surface area (TPSA) is 67.6 Å². The van der Waals surface area contributed by atoms with Gasteiger partial charge in [-0.15, -0.1) is 0 Å². The molecule has 1 saturated heterocycles. The normalized spacial score (nSPS) is 22.3. The van der Waals surface area contributed by atoms with E-state index in [1.807, 2.05) is 4.57 Å². The Bertz CT molecular complexity index is 418. The maximum absolute atomic E-state index is 11.9. The van der Waals surface area contributed by atoms with Crippen molar-refractivity contribution >= 4 is 5.91 Å². The zero-order valence-corrected chi connectivity index (χ0v) is 10.7. The van der Waals surface area contributed by atoms with E-state index in [1.54, 1.807) is 24.5 Å². The first-order chi connectivity index (χ1) is 8.63. The first-order valence-electron chi connectivity index (χ1n) is 6.19. The van der Waals surface area contributed by atoms with E-state index in [-0.39, 0.29) is 5.91 Å². The molecule has 0 aliphatic carbocycles. The van der Waals surface area contributed by atoms with Crippen molar-refractivity contribution < 1.29 is 14.6 Å². The summed E-state index contributed by atoms with van der Waals surface area (Å²) in [5.74, 6) is -0.196. The van der Waals surface area contributed by atoms with Crippen molar-refractivity contribution in [3.8, 4) is 0 Å². The molecule has 1 N–H and O–H groups in total. The third-order valence-corrected chi connectivity index (χ3v) is 3.07. The molecule has 6 nitrogen and oxygen atoms in total. The minimum absolute atomic E-state index is 0.196. The molecule has 0 saturated carbocycles. The Labute approximate surface area is 106 Å². The quantitative estimate of drug-likeness (QED) is 0.831. The summed E-state index contributed by atoms with van der Waals surface area (Å²) in [6, 6.07) is 0. The summed E-state index contributed by atoms with van der Waals surface area (Å²) in [6.45, 7) is 3.92. The fourth-order valence-corrected chi connectivity index (χ4v) is 2.01. The van der Waals surface area contributed by atoms with Crippen LogP contribution in [0.5, 0.6) is 0 Å². The zero-order chi connectivity index (χ0) is 13.1. The number of amides is 1. The number of carbonyl (C=O) groups excluding carboxylic acids is 1. The number of hydrogen-bond acceptors (Lipinski definition) is 4. The van der Waals surface area contributed by atoms with Crippen LogP contribution in [0.1, 0.15) is 25.1 Å². The number of aromatic nitrogens is 2. The second kappa shape index (κ2) is 5.49. The molecule has 0 aromatic carbocycles. The number of aliphatic hydroxyl groups is 1. The van der Waals surface area contributed by atoms with Crippen molar-refractivity contribution in [3.63, 3.8) is 0 Å². The highest BCUT2D eigenvalue weighted by Gasteiger charge is 2.35. The maximum Gasteiger partial charge on any atom is 0.254 e. The van der Waals surface area contributed by atoms with Crippen molar-refractivity contribution in [3.05, 3.63) is 18.2 Å². The van der Waals surface area contributed by atoms with E-state index < -0.39 is 12.2 Å². The zero-order valence-electron chi connectivity index (χ0n) is 10.7. The number of aryl methyl sites for hydroxylation is 1. The van der Waals surface area contributed by atoms with Gasteiger partial charge in [-0.05, 0) is 6.42 Å². The number of morpholine rings is 1. The molecular weight excluding hydrogens is 234 g/mol. The van der Waals surface area contributed by atoms with Gasteiger partial charge in [0.25, 0.3) is 5.91 Å². The molecule has 18 heavy (non-hydrogen) atoms. The number of rotatable bonds is 4. The van der Waals surface area contributed by atoms with E-state index in [4.69, 9.17) is 4.74 Å². The molecule has 1 aliphatic heterocycles. The standard InChI is InChI=1S/C12H19N3O3/c1-3-4-15-7-9(13-8-15)10(16)11-12(17)14(2)5-6-18-11/h7-8,10-11,16H,3-6H2,1-2H3. The van der Waals surface area contributed by atoms with Crippen LogP contribution in [-0.4, -0.2) is 51.8 Å². The summed E-state index contributed by atoms with van der Waals surface area (Å²) in [7, 11) is 1.71. The Morgan fingerprint density at radius 3 is 3.17 bits per heavy atom. The van der Waals surface area contributed by atoms with Gasteiger partial charge in [-0.1, -0.05) is 6.92 Å². The predicted octanol–water partition coefficient (Wildman–Crippen LogP) is 0.184. The SMILES string of the molecule is CCCn1cnc(C(O)C2OCCN(C)C2=O)c1. The lowest BCUT2D eigenvalue weighted by atomic mass is 10.1. The van der Waals surface area contributed by atoms with E-state index in [9.17, 15) is 9.90 Å². The minimum atomic E-state index is -1.00. The van der Waals surface area contributed by atoms with Gasteiger partial charge in [0.2, 0.25) is 0 Å². The lowest BCUT2D eigenvalue weighted by Crippen LogP contribution is -2.48. The summed E-state index contributed by atoms with van der Waals surface area (Å²) in [4.78, 5) is 17.6. The van der Waals surface area contributed by atoms with Crippen molar-refractivity contribution in [2.45, 2.75) is 32.1 Å². The Kier molecular flexibility index (Phi) is 3.98. The van der Waals surface area contributed by atoms with Crippen LogP contribution in [0.25, 0.3) is 0 Å². The Morgan fingerprint density at radius 2 is 2.44 bits per heavy atom. The van der Waals surface area contributed by atoms with E-state index in [0.29, 0.717) is 18.8 Å². The number of nitrogens with zero attached hydrogens (tertiary/aromatic N) is 3. The first kappa shape index (κ1) is 13.0. The van der Waals surface area contributed by atoms with Gasteiger partial charge in [-0.3, -0.25) is 4.79 Å². The van der Waals surface area contributed by atoms with Gasteiger partial charge in [-0.2, -0.15) is 0 Å². The summed E-state index contributed by atoms with van der Waals surface area (Å²) >= 11 is 0. The Balaban J connectivity index is 2.09. The monoisotopic (exact) mass is 253 g/mol. The second-order valence-electron chi connectivity index (χ2n) is 4.53. The molecule has 6 heteroatoms. The molecule has 1 fully saturated rings. The molecule has 1 aromatic rings. The molecule has 2 rings (SSSR count). The molecule has 1 amide bonds. The van der Waals surface area contributed by atoms with Crippen molar-refractivity contribution in [2.24, 2.45) is 0 Å². The molecule has 0 bridgehead atoms. The van der Waals surface area contributed by atoms with Gasteiger partial charge < -0.3 is 19.3 Å². The van der Waals surface area contributed by atoms with Gasteiger partial charge in [0.15, 0.2) is 6.10 Å². The molecule has 1 aromatic heterocycles. The van der Waals surface area contributed by atoms with Crippen LogP contribution in [0.3, 0.4) is 0 Å². The largest absolute Gasteiger partial charge is 0.383 e. The van der Waals surface area contributed by atoms with E-state index in [0.717, 1.165) is 13.0 Å². The lowest BCUT2D eigenvalue weighted by Gasteiger charge is -2.31. The molecule has 100 valence electrons. The van der Waals surface area contributed by atoms with Crippen LogP contribution >= 0.6 is 0 Å². The Hall–Kier alpha value is -1.40. The van der Waals surface area contributed by atoms with Gasteiger partial charge in [-0.25, -0.2) is 4.98 Å². The third kappa shape index (κ3) is 2.54. The van der Waals surface area contributed by atoms with E-state index >= 15 is 0 Å². The number of likely N-dealkylation sites (N-methyl/N-ethyl adjacent to an activating group) is 1. The molecule has 1 aliphatic rings. The van der Waals surface area contributed by atoms with Gasteiger partial charge in [0.05, 0.1) is 18.6 Å². The van der Waals surface area contributed by atoms with Gasteiger partial charge >= 0.3 is 0 Å². The van der Waals surface area contributed by atoms with Gasteiger partial charge in [0.1, 0.15) is 6.10 Å². The predicted molar refractivity (Wildman–Crippen MR) is 64.9 cm³/mol. The summed E-state index contributed by atoms with van der Waals surface area (Å²) < 4.78 is 7.25. The van der Waals surface area contributed by atoms with Crippen LogP contribution in [0.2, 0.25) is 0 Å². The smallest absolute Gasteiger partial charge is 0.254 e. The van der Waals surface area contributed by atoms with Crippen LogP contribution in [-0.2, 0) is 16.1 Å². The van der Waals surface area contributed by atoms with E-state index in [1.165, 1.54) is 0 Å².